The zero-order chi connectivity index (χ0) is 8.91. The number of hydrogen-bond donors (Lipinski definition) is 1. The zero-order valence-corrected chi connectivity index (χ0v) is 7.50. The van der Waals surface area contributed by atoms with Crippen LogP contribution in [-0.2, 0) is 18.3 Å². The topological polar surface area (TPSA) is 65.0 Å². The van der Waals surface area contributed by atoms with E-state index in [0.717, 1.165) is 5.82 Å². The first-order chi connectivity index (χ1) is 5.08. The fourth-order valence-corrected chi connectivity index (χ4v) is 1.10. The van der Waals surface area contributed by atoms with Gasteiger partial charge in [-0.15, -0.1) is 0 Å². The lowest BCUT2D eigenvalue weighted by Gasteiger charge is -2.08. The van der Waals surface area contributed by atoms with Crippen molar-refractivity contribution in [2.45, 2.75) is 0 Å². The van der Waals surface area contributed by atoms with Gasteiger partial charge in [-0.25, -0.2) is 0 Å². The van der Waals surface area contributed by atoms with Crippen LogP contribution in [0.15, 0.2) is 11.8 Å². The number of aliphatic hydroxyl groups excluding tert-OH is 1. The molecule has 0 atom stereocenters. The Morgan fingerprint density at radius 2 is 1.82 bits per heavy atom. The minimum atomic E-state index is -3.29. The predicted octanol–water partition coefficient (Wildman–Crippen LogP) is 1.48. The summed E-state index contributed by atoms with van der Waals surface area (Å²) in [5, 5.41) is 8.76. The minimum absolute atomic E-state index is 0.489. The van der Waals surface area contributed by atoms with E-state index in [9.17, 15) is 4.57 Å². The van der Waals surface area contributed by atoms with E-state index in [2.05, 4.69) is 13.8 Å². The van der Waals surface area contributed by atoms with E-state index in [1.807, 2.05) is 0 Å². The SMILES string of the molecule is CO/C(O)=C\P(=O)(OC)OC. The summed E-state index contributed by atoms with van der Waals surface area (Å²) in [4.78, 5) is 0. The summed E-state index contributed by atoms with van der Waals surface area (Å²) in [6, 6.07) is 0. The summed E-state index contributed by atoms with van der Waals surface area (Å²) in [6.45, 7) is 0. The summed E-state index contributed by atoms with van der Waals surface area (Å²) >= 11 is 0. The van der Waals surface area contributed by atoms with Crippen LogP contribution in [0.1, 0.15) is 0 Å². The van der Waals surface area contributed by atoms with Crippen LogP contribution < -0.4 is 0 Å². The zero-order valence-electron chi connectivity index (χ0n) is 6.60. The predicted molar refractivity (Wildman–Crippen MR) is 39.3 cm³/mol. The molecule has 0 saturated heterocycles. The average molecular weight is 182 g/mol. The van der Waals surface area contributed by atoms with Crippen molar-refractivity contribution >= 4 is 7.60 Å². The first kappa shape index (κ1) is 10.5. The van der Waals surface area contributed by atoms with Gasteiger partial charge in [-0.05, 0) is 0 Å². The minimum Gasteiger partial charge on any atom is -0.481 e. The van der Waals surface area contributed by atoms with Crippen LogP contribution in [0.4, 0.5) is 0 Å². The fraction of sp³-hybridized carbons (Fsp3) is 0.600. The van der Waals surface area contributed by atoms with Crippen LogP contribution in [0.5, 0.6) is 0 Å². The summed E-state index contributed by atoms with van der Waals surface area (Å²) in [7, 11) is 0.371. The smallest absolute Gasteiger partial charge is 0.360 e. The highest BCUT2D eigenvalue weighted by atomic mass is 31.2. The number of hydrogen-bond acceptors (Lipinski definition) is 5. The Kier molecular flexibility index (Phi) is 4.18. The molecular formula is C5H11O5P. The molecule has 66 valence electrons. The van der Waals surface area contributed by atoms with Crippen LogP contribution in [0.25, 0.3) is 0 Å². The molecule has 6 heteroatoms. The van der Waals surface area contributed by atoms with Crippen LogP contribution >= 0.6 is 7.60 Å². The van der Waals surface area contributed by atoms with Crippen molar-refractivity contribution in [3.8, 4) is 0 Å². The third kappa shape index (κ3) is 3.41. The molecule has 0 amide bonds. The van der Waals surface area contributed by atoms with Gasteiger partial charge in [0.05, 0.1) is 7.11 Å². The lowest BCUT2D eigenvalue weighted by Crippen LogP contribution is -1.88. The lowest BCUT2D eigenvalue weighted by atomic mass is 11.0. The van der Waals surface area contributed by atoms with Crippen LogP contribution in [-0.4, -0.2) is 26.4 Å². The van der Waals surface area contributed by atoms with Crippen molar-refractivity contribution in [2.24, 2.45) is 0 Å². The lowest BCUT2D eigenvalue weighted by molar-refractivity contribution is 0.135. The van der Waals surface area contributed by atoms with E-state index in [-0.39, 0.29) is 0 Å². The third-order valence-corrected chi connectivity index (χ3v) is 2.54. The molecule has 0 aliphatic heterocycles. The maximum atomic E-state index is 11.2. The summed E-state index contributed by atoms with van der Waals surface area (Å²) in [5.74, 6) is 0.393. The molecule has 0 rings (SSSR count). The van der Waals surface area contributed by atoms with Gasteiger partial charge in [-0.3, -0.25) is 4.57 Å². The van der Waals surface area contributed by atoms with E-state index >= 15 is 0 Å². The van der Waals surface area contributed by atoms with E-state index in [0.29, 0.717) is 0 Å². The van der Waals surface area contributed by atoms with Gasteiger partial charge < -0.3 is 18.9 Å². The molecule has 0 bridgehead atoms. The summed E-state index contributed by atoms with van der Waals surface area (Å²) < 4.78 is 24.4. The van der Waals surface area contributed by atoms with E-state index < -0.39 is 13.5 Å². The van der Waals surface area contributed by atoms with Crippen molar-refractivity contribution in [3.05, 3.63) is 11.8 Å². The first-order valence-corrected chi connectivity index (χ1v) is 4.36. The average Bonchev–Trinajstić information content (AvgIpc) is 2.04. The Morgan fingerprint density at radius 1 is 1.36 bits per heavy atom. The number of methoxy groups -OCH3 is 1. The Bertz CT molecular complexity index is 179. The van der Waals surface area contributed by atoms with Crippen molar-refractivity contribution in [1.29, 1.82) is 0 Å². The van der Waals surface area contributed by atoms with Crippen LogP contribution in [0.3, 0.4) is 0 Å². The summed E-state index contributed by atoms with van der Waals surface area (Å²) in [6.07, 6.45) is 0. The highest BCUT2D eigenvalue weighted by molar-refractivity contribution is 7.57. The van der Waals surface area contributed by atoms with Crippen molar-refractivity contribution < 1.29 is 23.5 Å². The molecule has 0 saturated carbocycles. The molecule has 0 spiro atoms. The Morgan fingerprint density at radius 3 is 2.09 bits per heavy atom. The molecule has 0 aromatic carbocycles. The molecule has 5 nitrogen and oxygen atoms in total. The van der Waals surface area contributed by atoms with Gasteiger partial charge in [0.15, 0.2) is 0 Å². The van der Waals surface area contributed by atoms with Gasteiger partial charge in [0.2, 0.25) is 0 Å². The van der Waals surface area contributed by atoms with Crippen molar-refractivity contribution in [1.82, 2.24) is 0 Å². The van der Waals surface area contributed by atoms with Crippen LogP contribution in [0.2, 0.25) is 0 Å². The maximum Gasteiger partial charge on any atom is 0.360 e. The molecule has 0 aromatic heterocycles. The first-order valence-electron chi connectivity index (χ1n) is 2.75. The maximum absolute atomic E-state index is 11.2. The number of ether oxygens (including phenoxy) is 1. The Hall–Kier alpha value is -0.510. The second-order valence-electron chi connectivity index (χ2n) is 1.58. The third-order valence-electron chi connectivity index (χ3n) is 0.987. The largest absolute Gasteiger partial charge is 0.481 e. The normalized spacial score (nSPS) is 13.2. The molecule has 0 heterocycles. The molecule has 0 aliphatic rings. The van der Waals surface area contributed by atoms with Crippen molar-refractivity contribution in [2.75, 3.05) is 21.3 Å². The van der Waals surface area contributed by atoms with E-state index in [1.165, 1.54) is 21.3 Å². The van der Waals surface area contributed by atoms with Gasteiger partial charge in [-0.1, -0.05) is 0 Å². The molecule has 0 fully saturated rings. The fourth-order valence-electron chi connectivity index (χ4n) is 0.368. The Balaban J connectivity index is 4.42. The summed E-state index contributed by atoms with van der Waals surface area (Å²) in [5.41, 5.74) is 0. The van der Waals surface area contributed by atoms with Gasteiger partial charge in [-0.2, -0.15) is 0 Å². The molecular weight excluding hydrogens is 171 g/mol. The molecule has 0 aromatic rings. The number of aliphatic hydroxyl groups is 1. The highest BCUT2D eigenvalue weighted by Crippen LogP contribution is 2.48. The van der Waals surface area contributed by atoms with Gasteiger partial charge >= 0.3 is 7.60 Å². The standard InChI is InChI=1S/C5H11O5P/c1-8-5(6)4-11(7,9-2)10-3/h4,6H,1-3H3/b5-4-. The van der Waals surface area contributed by atoms with Gasteiger partial charge in [0.25, 0.3) is 5.95 Å². The van der Waals surface area contributed by atoms with Crippen LogP contribution in [0, 0.1) is 0 Å². The highest BCUT2D eigenvalue weighted by Gasteiger charge is 2.18. The number of rotatable bonds is 4. The second kappa shape index (κ2) is 4.38. The van der Waals surface area contributed by atoms with Gasteiger partial charge in [0.1, 0.15) is 5.82 Å². The molecule has 1 N–H and O–H groups in total. The second-order valence-corrected chi connectivity index (χ2v) is 3.64. The van der Waals surface area contributed by atoms with Crippen molar-refractivity contribution in [3.63, 3.8) is 0 Å². The Labute approximate surface area is 65.1 Å². The molecule has 11 heavy (non-hydrogen) atoms. The van der Waals surface area contributed by atoms with E-state index in [4.69, 9.17) is 5.11 Å². The molecule has 0 radical (unpaired) electrons. The quantitative estimate of drug-likeness (QED) is 0.526. The van der Waals surface area contributed by atoms with E-state index in [1.54, 1.807) is 0 Å². The monoisotopic (exact) mass is 182 g/mol. The molecule has 0 unspecified atom stereocenters. The van der Waals surface area contributed by atoms with Gasteiger partial charge in [0, 0.05) is 14.2 Å². The molecule has 0 aliphatic carbocycles.